The first-order valence-corrected chi connectivity index (χ1v) is 8.49. The van der Waals surface area contributed by atoms with Crippen molar-refractivity contribution >= 4 is 5.97 Å². The molecular weight excluding hydrogens is 337 g/mol. The number of methoxy groups -OCH3 is 1. The maximum absolute atomic E-state index is 14.0. The van der Waals surface area contributed by atoms with Crippen LogP contribution in [0, 0.1) is 17.5 Å². The van der Waals surface area contributed by atoms with Crippen LogP contribution in [0.1, 0.15) is 50.0 Å². The number of esters is 1. The van der Waals surface area contributed by atoms with E-state index in [4.69, 9.17) is 9.47 Å². The van der Waals surface area contributed by atoms with Crippen molar-refractivity contribution in [2.45, 2.75) is 50.7 Å². The fraction of sp³-hybridized carbons (Fsp3) is 0.611. The van der Waals surface area contributed by atoms with Crippen LogP contribution in [0.4, 0.5) is 13.2 Å². The summed E-state index contributed by atoms with van der Waals surface area (Å²) in [6, 6.07) is 1.90. The molecule has 0 aliphatic carbocycles. The van der Waals surface area contributed by atoms with Crippen molar-refractivity contribution in [2.24, 2.45) is 0 Å². The van der Waals surface area contributed by atoms with Crippen molar-refractivity contribution in [1.29, 1.82) is 0 Å². The molecule has 140 valence electrons. The fourth-order valence-electron chi connectivity index (χ4n) is 2.86. The van der Waals surface area contributed by atoms with Gasteiger partial charge in [0.05, 0.1) is 13.0 Å². The third kappa shape index (κ3) is 5.44. The second-order valence-electron chi connectivity index (χ2n) is 6.00. The van der Waals surface area contributed by atoms with Crippen LogP contribution < -0.4 is 0 Å². The molecule has 0 N–H and O–H groups in total. The lowest BCUT2D eigenvalue weighted by molar-refractivity contribution is -0.163. The molecule has 4 nitrogen and oxygen atoms in total. The Balaban J connectivity index is 1.88. The van der Waals surface area contributed by atoms with Crippen LogP contribution in [0.15, 0.2) is 12.1 Å². The molecule has 1 aliphatic heterocycles. The maximum Gasteiger partial charge on any atom is 0.313 e. The van der Waals surface area contributed by atoms with Crippen LogP contribution in [-0.2, 0) is 19.0 Å². The van der Waals surface area contributed by atoms with Crippen LogP contribution in [0.2, 0.25) is 0 Å². The van der Waals surface area contributed by atoms with Crippen molar-refractivity contribution < 1.29 is 32.2 Å². The van der Waals surface area contributed by atoms with E-state index in [1.165, 1.54) is 7.11 Å². The first-order valence-electron chi connectivity index (χ1n) is 8.49. The summed E-state index contributed by atoms with van der Waals surface area (Å²) < 4.78 is 56.2. The van der Waals surface area contributed by atoms with Crippen molar-refractivity contribution in [1.82, 2.24) is 0 Å². The van der Waals surface area contributed by atoms with Gasteiger partial charge >= 0.3 is 5.97 Å². The normalized spacial score (nSPS) is 18.8. The van der Waals surface area contributed by atoms with Gasteiger partial charge in [-0.05, 0) is 44.6 Å². The fourth-order valence-corrected chi connectivity index (χ4v) is 2.86. The van der Waals surface area contributed by atoms with Gasteiger partial charge in [0.1, 0.15) is 0 Å². The van der Waals surface area contributed by atoms with Crippen LogP contribution in [-0.4, -0.2) is 32.6 Å². The Labute approximate surface area is 145 Å². The first-order chi connectivity index (χ1) is 12.0. The molecule has 2 atom stereocenters. The lowest BCUT2D eigenvalue weighted by Crippen LogP contribution is -2.22. The quantitative estimate of drug-likeness (QED) is 0.398. The minimum Gasteiger partial charge on any atom is -0.469 e. The number of hydrogen-bond acceptors (Lipinski definition) is 4. The summed E-state index contributed by atoms with van der Waals surface area (Å²) in [5, 5.41) is 0. The van der Waals surface area contributed by atoms with Crippen molar-refractivity contribution in [3.63, 3.8) is 0 Å². The molecule has 0 aromatic heterocycles. The minimum atomic E-state index is -1.58. The Kier molecular flexibility index (Phi) is 7.71. The second-order valence-corrected chi connectivity index (χ2v) is 6.00. The SMILES string of the molecule is COC(=O)C(CCCCOC1CCCCO1)c1ccc(F)c(F)c1F. The number of ether oxygens (including phenoxy) is 3. The van der Waals surface area contributed by atoms with Crippen molar-refractivity contribution in [2.75, 3.05) is 20.3 Å². The van der Waals surface area contributed by atoms with Gasteiger partial charge < -0.3 is 14.2 Å². The zero-order valence-electron chi connectivity index (χ0n) is 14.2. The van der Waals surface area contributed by atoms with Gasteiger partial charge in [0.25, 0.3) is 0 Å². The number of hydrogen-bond donors (Lipinski definition) is 0. The number of carbonyl (C=O) groups is 1. The van der Waals surface area contributed by atoms with E-state index in [0.29, 0.717) is 26.1 Å². The molecule has 25 heavy (non-hydrogen) atoms. The zero-order chi connectivity index (χ0) is 18.2. The van der Waals surface area contributed by atoms with E-state index in [2.05, 4.69) is 4.74 Å². The molecule has 1 saturated heterocycles. The van der Waals surface area contributed by atoms with Crippen molar-refractivity contribution in [3.8, 4) is 0 Å². The molecule has 0 radical (unpaired) electrons. The Bertz CT molecular complexity index is 574. The minimum absolute atomic E-state index is 0.186. The van der Waals surface area contributed by atoms with Gasteiger partial charge in [-0.3, -0.25) is 4.79 Å². The lowest BCUT2D eigenvalue weighted by Gasteiger charge is -2.22. The van der Waals surface area contributed by atoms with Gasteiger partial charge in [-0.25, -0.2) is 13.2 Å². The average Bonchev–Trinajstić information content (AvgIpc) is 2.64. The van der Waals surface area contributed by atoms with Crippen molar-refractivity contribution in [3.05, 3.63) is 35.1 Å². The molecule has 0 bridgehead atoms. The maximum atomic E-state index is 14.0. The summed E-state index contributed by atoms with van der Waals surface area (Å²) in [5.74, 6) is -5.87. The second kappa shape index (κ2) is 9.77. The van der Waals surface area contributed by atoms with E-state index in [0.717, 1.165) is 31.4 Å². The van der Waals surface area contributed by atoms with E-state index in [1.54, 1.807) is 0 Å². The number of benzene rings is 1. The smallest absolute Gasteiger partial charge is 0.313 e. The van der Waals surface area contributed by atoms with E-state index in [-0.39, 0.29) is 18.3 Å². The third-order valence-corrected chi connectivity index (χ3v) is 4.25. The molecule has 2 rings (SSSR count). The average molecular weight is 360 g/mol. The van der Waals surface area contributed by atoms with Gasteiger partial charge in [-0.15, -0.1) is 0 Å². The standard InChI is InChI=1S/C18H23F3O4/c1-23-18(22)13(12-8-9-14(19)17(21)16(12)20)6-2-4-10-24-15-7-3-5-11-25-15/h8-9,13,15H,2-7,10-11H2,1H3. The monoisotopic (exact) mass is 360 g/mol. The van der Waals surface area contributed by atoms with Gasteiger partial charge in [0, 0.05) is 18.8 Å². The molecule has 1 heterocycles. The highest BCUT2D eigenvalue weighted by atomic mass is 19.2. The van der Waals surface area contributed by atoms with E-state index in [9.17, 15) is 18.0 Å². The summed E-state index contributed by atoms with van der Waals surface area (Å²) in [6.07, 6.45) is 4.23. The summed E-state index contributed by atoms with van der Waals surface area (Å²) in [6.45, 7) is 1.16. The molecular formula is C18H23F3O4. The molecule has 0 saturated carbocycles. The molecule has 0 spiro atoms. The molecule has 1 aromatic rings. The van der Waals surface area contributed by atoms with Crippen LogP contribution in [0.5, 0.6) is 0 Å². The van der Waals surface area contributed by atoms with Gasteiger partial charge in [0.15, 0.2) is 23.7 Å². The van der Waals surface area contributed by atoms with E-state index in [1.807, 2.05) is 0 Å². The third-order valence-electron chi connectivity index (χ3n) is 4.25. The summed E-state index contributed by atoms with van der Waals surface area (Å²) in [7, 11) is 1.18. The topological polar surface area (TPSA) is 44.8 Å². The summed E-state index contributed by atoms with van der Waals surface area (Å²) >= 11 is 0. The molecule has 1 aromatic carbocycles. The molecule has 1 aliphatic rings. The summed E-state index contributed by atoms with van der Waals surface area (Å²) in [5.41, 5.74) is -0.192. The van der Waals surface area contributed by atoms with Crippen LogP contribution in [0.25, 0.3) is 0 Å². The van der Waals surface area contributed by atoms with Crippen LogP contribution >= 0.6 is 0 Å². The van der Waals surface area contributed by atoms with Gasteiger partial charge in [-0.1, -0.05) is 6.07 Å². The Hall–Kier alpha value is -1.60. The Morgan fingerprint density at radius 1 is 1.24 bits per heavy atom. The Morgan fingerprint density at radius 2 is 2.04 bits per heavy atom. The molecule has 2 unspecified atom stereocenters. The number of carbonyl (C=O) groups excluding carboxylic acids is 1. The number of rotatable bonds is 8. The largest absolute Gasteiger partial charge is 0.469 e. The summed E-state index contributed by atoms with van der Waals surface area (Å²) in [4.78, 5) is 11.9. The molecule has 0 amide bonds. The van der Waals surface area contributed by atoms with Crippen LogP contribution in [0.3, 0.4) is 0 Å². The highest BCUT2D eigenvalue weighted by Gasteiger charge is 2.27. The Morgan fingerprint density at radius 3 is 2.72 bits per heavy atom. The van der Waals surface area contributed by atoms with Gasteiger partial charge in [0.2, 0.25) is 0 Å². The van der Waals surface area contributed by atoms with E-state index >= 15 is 0 Å². The number of halogens is 3. The first kappa shape index (κ1) is 19.7. The lowest BCUT2D eigenvalue weighted by atomic mass is 9.93. The zero-order valence-corrected chi connectivity index (χ0v) is 14.2. The van der Waals surface area contributed by atoms with E-state index < -0.39 is 29.3 Å². The van der Waals surface area contributed by atoms with Gasteiger partial charge in [-0.2, -0.15) is 0 Å². The predicted molar refractivity (Wildman–Crippen MR) is 84.5 cm³/mol. The molecule has 7 heteroatoms. The highest BCUT2D eigenvalue weighted by Crippen LogP contribution is 2.28. The highest BCUT2D eigenvalue weighted by molar-refractivity contribution is 5.78. The molecule has 1 fully saturated rings. The number of unbranched alkanes of at least 4 members (excludes halogenated alkanes) is 1. The predicted octanol–water partition coefficient (Wildman–Crippen LogP) is 4.07.